The van der Waals surface area contributed by atoms with E-state index in [0.29, 0.717) is 5.00 Å². The van der Waals surface area contributed by atoms with Gasteiger partial charge in [0.05, 0.1) is 12.0 Å². The molecule has 0 fully saturated rings. The molecule has 3 rings (SSSR count). The molecule has 0 unspecified atom stereocenters. The van der Waals surface area contributed by atoms with Gasteiger partial charge in [-0.2, -0.15) is 0 Å². The molecule has 118 valence electrons. The molecule has 0 aliphatic rings. The van der Waals surface area contributed by atoms with Crippen molar-refractivity contribution in [1.29, 1.82) is 0 Å². The summed E-state index contributed by atoms with van der Waals surface area (Å²) in [7, 11) is -1.93. The molecule has 0 saturated heterocycles. The predicted octanol–water partition coefficient (Wildman–Crippen LogP) is 4.22. The van der Waals surface area contributed by atoms with Crippen LogP contribution < -0.4 is 9.46 Å². The lowest BCUT2D eigenvalue weighted by Crippen LogP contribution is -2.11. The maximum absolute atomic E-state index is 12.3. The van der Waals surface area contributed by atoms with E-state index in [9.17, 15) is 8.42 Å². The van der Waals surface area contributed by atoms with Gasteiger partial charge in [0, 0.05) is 0 Å². The molecule has 4 nitrogen and oxygen atoms in total. The van der Waals surface area contributed by atoms with Crippen molar-refractivity contribution in [3.05, 3.63) is 66.0 Å². The highest BCUT2D eigenvalue weighted by molar-refractivity contribution is 7.93. The highest BCUT2D eigenvalue weighted by Gasteiger charge is 2.14. The van der Waals surface area contributed by atoms with Crippen LogP contribution in [0.1, 0.15) is 0 Å². The van der Waals surface area contributed by atoms with Gasteiger partial charge < -0.3 is 4.74 Å². The summed E-state index contributed by atoms with van der Waals surface area (Å²) in [4.78, 5) is 0.239. The molecular formula is C17H15NO3S2. The monoisotopic (exact) mass is 345 g/mol. The molecule has 1 aromatic heterocycles. The average molecular weight is 345 g/mol. The van der Waals surface area contributed by atoms with Crippen LogP contribution in [0.4, 0.5) is 5.00 Å². The van der Waals surface area contributed by atoms with Crippen molar-refractivity contribution in [2.75, 3.05) is 11.8 Å². The quantitative estimate of drug-likeness (QED) is 0.753. The molecule has 0 saturated carbocycles. The molecule has 0 atom stereocenters. The Labute approximate surface area is 139 Å². The number of nitrogens with one attached hydrogen (secondary N) is 1. The lowest BCUT2D eigenvalue weighted by atomic mass is 10.1. The van der Waals surface area contributed by atoms with E-state index in [-0.39, 0.29) is 4.90 Å². The molecule has 1 N–H and O–H groups in total. The van der Waals surface area contributed by atoms with Crippen molar-refractivity contribution in [3.8, 4) is 16.9 Å². The van der Waals surface area contributed by atoms with Crippen molar-refractivity contribution < 1.29 is 13.2 Å². The Morgan fingerprint density at radius 1 is 0.913 bits per heavy atom. The number of ether oxygens (including phenoxy) is 1. The fourth-order valence-corrected chi connectivity index (χ4v) is 4.07. The van der Waals surface area contributed by atoms with Crippen LogP contribution in [-0.2, 0) is 10.0 Å². The van der Waals surface area contributed by atoms with E-state index >= 15 is 0 Å². The van der Waals surface area contributed by atoms with Crippen molar-refractivity contribution in [1.82, 2.24) is 0 Å². The minimum atomic E-state index is -3.55. The number of hydrogen-bond donors (Lipinski definition) is 1. The van der Waals surface area contributed by atoms with E-state index in [1.807, 2.05) is 29.6 Å². The first-order valence-corrected chi connectivity index (χ1v) is 9.25. The minimum Gasteiger partial charge on any atom is -0.497 e. The van der Waals surface area contributed by atoms with Crippen molar-refractivity contribution in [3.63, 3.8) is 0 Å². The van der Waals surface area contributed by atoms with Crippen LogP contribution in [0.5, 0.6) is 5.75 Å². The summed E-state index contributed by atoms with van der Waals surface area (Å²) in [5.41, 5.74) is 1.95. The predicted molar refractivity (Wildman–Crippen MR) is 93.6 cm³/mol. The summed E-state index contributed by atoms with van der Waals surface area (Å²) in [6, 6.07) is 18.0. The van der Waals surface area contributed by atoms with Crippen molar-refractivity contribution >= 4 is 26.4 Å². The van der Waals surface area contributed by atoms with Gasteiger partial charge in [0.25, 0.3) is 10.0 Å². The van der Waals surface area contributed by atoms with Crippen LogP contribution in [0.25, 0.3) is 11.1 Å². The van der Waals surface area contributed by atoms with Gasteiger partial charge in [0.2, 0.25) is 0 Å². The minimum absolute atomic E-state index is 0.239. The molecule has 1 heterocycles. The first-order valence-electron chi connectivity index (χ1n) is 6.89. The number of anilines is 1. The van der Waals surface area contributed by atoms with Gasteiger partial charge >= 0.3 is 0 Å². The van der Waals surface area contributed by atoms with E-state index in [0.717, 1.165) is 16.9 Å². The summed E-state index contributed by atoms with van der Waals surface area (Å²) in [6.07, 6.45) is 0. The molecule has 0 aliphatic carbocycles. The average Bonchev–Trinajstić information content (AvgIpc) is 3.07. The maximum Gasteiger partial charge on any atom is 0.262 e. The smallest absolute Gasteiger partial charge is 0.262 e. The van der Waals surface area contributed by atoms with Gasteiger partial charge in [-0.05, 0) is 52.9 Å². The molecule has 0 spiro atoms. The molecule has 2 aromatic carbocycles. The Morgan fingerprint density at radius 2 is 1.52 bits per heavy atom. The zero-order valence-electron chi connectivity index (χ0n) is 12.4. The van der Waals surface area contributed by atoms with Crippen LogP contribution >= 0.6 is 11.3 Å². The first kappa shape index (κ1) is 15.6. The number of methoxy groups -OCH3 is 1. The second kappa shape index (κ2) is 6.44. The fraction of sp³-hybridized carbons (Fsp3) is 0.0588. The van der Waals surface area contributed by atoms with E-state index in [1.165, 1.54) is 11.3 Å². The first-order chi connectivity index (χ1) is 11.1. The largest absolute Gasteiger partial charge is 0.497 e. The summed E-state index contributed by atoms with van der Waals surface area (Å²) in [5, 5.41) is 2.43. The van der Waals surface area contributed by atoms with Crippen molar-refractivity contribution in [2.24, 2.45) is 0 Å². The molecule has 0 radical (unpaired) electrons. The highest BCUT2D eigenvalue weighted by Crippen LogP contribution is 2.25. The standard InChI is InChI=1S/C17H15NO3S2/c1-21-15-8-4-13(5-9-15)14-6-10-16(11-7-14)23(19,20)18-17-3-2-12-22-17/h2-12,18H,1H3. The molecule has 3 aromatic rings. The van der Waals surface area contributed by atoms with Crippen molar-refractivity contribution in [2.45, 2.75) is 4.90 Å². The zero-order chi connectivity index (χ0) is 16.3. The van der Waals surface area contributed by atoms with Gasteiger partial charge in [-0.1, -0.05) is 24.3 Å². The maximum atomic E-state index is 12.3. The third kappa shape index (κ3) is 3.55. The summed E-state index contributed by atoms with van der Waals surface area (Å²) in [5.74, 6) is 0.785. The Bertz CT molecular complexity index is 869. The zero-order valence-corrected chi connectivity index (χ0v) is 14.0. The number of benzene rings is 2. The van der Waals surface area contributed by atoms with Gasteiger partial charge in [-0.25, -0.2) is 8.42 Å². The SMILES string of the molecule is COc1ccc(-c2ccc(S(=O)(=O)Nc3cccs3)cc2)cc1. The van der Waals surface area contributed by atoms with E-state index in [4.69, 9.17) is 4.74 Å². The third-order valence-corrected chi connectivity index (χ3v) is 5.64. The van der Waals surface area contributed by atoms with Gasteiger partial charge in [-0.3, -0.25) is 4.72 Å². The van der Waals surface area contributed by atoms with Crippen LogP contribution in [-0.4, -0.2) is 15.5 Å². The summed E-state index contributed by atoms with van der Waals surface area (Å²) in [6.45, 7) is 0. The Kier molecular flexibility index (Phi) is 4.36. The lowest BCUT2D eigenvalue weighted by Gasteiger charge is -2.08. The van der Waals surface area contributed by atoms with Crippen LogP contribution in [0.15, 0.2) is 70.9 Å². The van der Waals surface area contributed by atoms with E-state index in [1.54, 1.807) is 43.5 Å². The number of rotatable bonds is 5. The number of hydrogen-bond acceptors (Lipinski definition) is 4. The highest BCUT2D eigenvalue weighted by atomic mass is 32.2. The lowest BCUT2D eigenvalue weighted by molar-refractivity contribution is 0.415. The van der Waals surface area contributed by atoms with E-state index < -0.39 is 10.0 Å². The van der Waals surface area contributed by atoms with Gasteiger partial charge in [0.15, 0.2) is 0 Å². The molecule has 0 aliphatic heterocycles. The fourth-order valence-electron chi connectivity index (χ4n) is 2.14. The molecule has 0 bridgehead atoms. The molecule has 6 heteroatoms. The topological polar surface area (TPSA) is 55.4 Å². The van der Waals surface area contributed by atoms with Gasteiger partial charge in [-0.15, -0.1) is 11.3 Å². The second-order valence-electron chi connectivity index (χ2n) is 4.84. The Hall–Kier alpha value is -2.31. The Morgan fingerprint density at radius 3 is 2.04 bits per heavy atom. The third-order valence-electron chi connectivity index (χ3n) is 3.34. The number of thiophene rings is 1. The van der Waals surface area contributed by atoms with Gasteiger partial charge in [0.1, 0.15) is 10.8 Å². The van der Waals surface area contributed by atoms with Crippen LogP contribution in [0, 0.1) is 0 Å². The van der Waals surface area contributed by atoms with Crippen LogP contribution in [0.3, 0.4) is 0 Å². The summed E-state index contributed by atoms with van der Waals surface area (Å²) < 4.78 is 32.3. The number of sulfonamides is 1. The summed E-state index contributed by atoms with van der Waals surface area (Å²) >= 11 is 1.35. The van der Waals surface area contributed by atoms with Crippen LogP contribution in [0.2, 0.25) is 0 Å². The molecule has 23 heavy (non-hydrogen) atoms. The molecule has 0 amide bonds. The second-order valence-corrected chi connectivity index (χ2v) is 7.47. The molecular weight excluding hydrogens is 330 g/mol. The normalized spacial score (nSPS) is 11.2. The Balaban J connectivity index is 1.83. The van der Waals surface area contributed by atoms with E-state index in [2.05, 4.69) is 4.72 Å².